The van der Waals surface area contributed by atoms with Crippen molar-refractivity contribution < 1.29 is 18.7 Å². The van der Waals surface area contributed by atoms with E-state index in [-0.39, 0.29) is 16.8 Å². The highest BCUT2D eigenvalue weighted by atomic mass is 35.5. The Kier molecular flexibility index (Phi) is 4.68. The number of aromatic nitrogens is 1. The number of amides is 1. The summed E-state index contributed by atoms with van der Waals surface area (Å²) in [5.41, 5.74) is 0.885. The van der Waals surface area contributed by atoms with Crippen molar-refractivity contribution in [2.45, 2.75) is 6.04 Å². The summed E-state index contributed by atoms with van der Waals surface area (Å²) in [6.07, 6.45) is 1.60. The van der Waals surface area contributed by atoms with Crippen molar-refractivity contribution in [2.75, 3.05) is 19.1 Å². The topological polar surface area (TPSA) is 81.9 Å². The molecule has 1 atom stereocenters. The molecule has 0 bridgehead atoms. The molecule has 0 fully saturated rings. The van der Waals surface area contributed by atoms with Crippen molar-refractivity contribution in [2.24, 2.45) is 0 Å². The first-order valence-electron chi connectivity index (χ1n) is 9.24. The fraction of sp³-hybridized carbons (Fsp3) is 0.136. The van der Waals surface area contributed by atoms with Crippen LogP contribution in [-0.4, -0.2) is 25.1 Å². The molecule has 1 aliphatic rings. The lowest BCUT2D eigenvalue weighted by Crippen LogP contribution is -2.29. The van der Waals surface area contributed by atoms with E-state index in [0.717, 1.165) is 0 Å². The van der Waals surface area contributed by atoms with Crippen molar-refractivity contribution >= 4 is 44.9 Å². The number of benzene rings is 2. The molecule has 4 aromatic rings. The van der Waals surface area contributed by atoms with Crippen LogP contribution in [0.1, 0.15) is 27.7 Å². The molecule has 9 heteroatoms. The van der Waals surface area contributed by atoms with Crippen molar-refractivity contribution in [1.82, 2.24) is 4.98 Å². The van der Waals surface area contributed by atoms with E-state index >= 15 is 0 Å². The lowest BCUT2D eigenvalue weighted by Gasteiger charge is -2.23. The number of carbonyl (C=O) groups excluding carboxylic acids is 1. The van der Waals surface area contributed by atoms with E-state index in [9.17, 15) is 9.59 Å². The maximum atomic E-state index is 13.5. The van der Waals surface area contributed by atoms with Crippen LogP contribution in [0.3, 0.4) is 0 Å². The van der Waals surface area contributed by atoms with Gasteiger partial charge in [-0.1, -0.05) is 17.7 Å². The van der Waals surface area contributed by atoms with Gasteiger partial charge < -0.3 is 13.9 Å². The first kappa shape index (κ1) is 19.6. The number of fused-ring (bicyclic) bond motifs is 2. The summed E-state index contributed by atoms with van der Waals surface area (Å²) < 4.78 is 16.7. The first-order chi connectivity index (χ1) is 15.0. The Morgan fingerprint density at radius 3 is 2.61 bits per heavy atom. The number of thiazole rings is 1. The van der Waals surface area contributed by atoms with Gasteiger partial charge in [0, 0.05) is 16.6 Å². The molecular weight excluding hydrogens is 440 g/mol. The van der Waals surface area contributed by atoms with Gasteiger partial charge in [-0.2, -0.15) is 0 Å². The van der Waals surface area contributed by atoms with Crippen LogP contribution in [0.5, 0.6) is 11.5 Å². The largest absolute Gasteiger partial charge is 0.493 e. The standard InChI is InChI=1S/C22H15ClN2O5S/c1-28-15-5-3-11(9-16(15)29-2)18-17-19(26)13-10-12(23)4-6-14(13)30-20(17)21(27)25(18)22-24-7-8-31-22/h3-10,18H,1-2H3. The summed E-state index contributed by atoms with van der Waals surface area (Å²) >= 11 is 7.41. The van der Waals surface area contributed by atoms with Crippen LogP contribution in [0.25, 0.3) is 11.0 Å². The van der Waals surface area contributed by atoms with Gasteiger partial charge in [0.2, 0.25) is 5.76 Å². The number of halogens is 1. The second kappa shape index (κ2) is 7.40. The Hall–Kier alpha value is -3.36. The molecule has 0 radical (unpaired) electrons. The van der Waals surface area contributed by atoms with Crippen LogP contribution in [-0.2, 0) is 0 Å². The predicted octanol–water partition coefficient (Wildman–Crippen LogP) is 4.67. The Labute approximate surface area is 185 Å². The van der Waals surface area contributed by atoms with Gasteiger partial charge in [0.05, 0.1) is 31.2 Å². The Morgan fingerprint density at radius 1 is 1.10 bits per heavy atom. The third-order valence-corrected chi connectivity index (χ3v) is 6.19. The average Bonchev–Trinajstić information content (AvgIpc) is 3.40. The highest BCUT2D eigenvalue weighted by Gasteiger charge is 2.45. The summed E-state index contributed by atoms with van der Waals surface area (Å²) in [5.74, 6) is 0.579. The molecule has 2 aromatic heterocycles. The molecule has 0 aliphatic carbocycles. The van der Waals surface area contributed by atoms with Crippen LogP contribution >= 0.6 is 22.9 Å². The molecule has 0 saturated heterocycles. The molecule has 0 N–H and O–H groups in total. The minimum atomic E-state index is -0.743. The summed E-state index contributed by atoms with van der Waals surface area (Å²) in [5, 5.41) is 2.94. The second-order valence-corrected chi connectivity index (χ2v) is 8.13. The molecule has 2 aromatic carbocycles. The van der Waals surface area contributed by atoms with E-state index in [1.807, 2.05) is 0 Å². The third kappa shape index (κ3) is 2.98. The van der Waals surface area contributed by atoms with Crippen LogP contribution in [0, 0.1) is 0 Å². The van der Waals surface area contributed by atoms with Gasteiger partial charge in [-0.3, -0.25) is 14.5 Å². The minimum Gasteiger partial charge on any atom is -0.493 e. The average molecular weight is 455 g/mol. The zero-order valence-corrected chi connectivity index (χ0v) is 18.0. The van der Waals surface area contributed by atoms with Crippen LogP contribution in [0.15, 0.2) is 57.2 Å². The number of methoxy groups -OCH3 is 2. The van der Waals surface area contributed by atoms with Crippen LogP contribution < -0.4 is 19.8 Å². The highest BCUT2D eigenvalue weighted by molar-refractivity contribution is 7.13. The second-order valence-electron chi connectivity index (χ2n) is 6.82. The van der Waals surface area contributed by atoms with Gasteiger partial charge in [-0.05, 0) is 35.9 Å². The lowest BCUT2D eigenvalue weighted by molar-refractivity contribution is 0.0971. The third-order valence-electron chi connectivity index (χ3n) is 5.18. The maximum Gasteiger partial charge on any atom is 0.297 e. The summed E-state index contributed by atoms with van der Waals surface area (Å²) in [7, 11) is 3.07. The Balaban J connectivity index is 1.81. The monoisotopic (exact) mass is 454 g/mol. The van der Waals surface area contributed by atoms with Gasteiger partial charge in [0.15, 0.2) is 22.1 Å². The minimum absolute atomic E-state index is 0.00481. The molecule has 3 heterocycles. The van der Waals surface area contributed by atoms with Crippen molar-refractivity contribution in [3.05, 3.63) is 80.1 Å². The van der Waals surface area contributed by atoms with Crippen molar-refractivity contribution in [1.29, 1.82) is 0 Å². The highest BCUT2D eigenvalue weighted by Crippen LogP contribution is 2.43. The molecule has 0 spiro atoms. The fourth-order valence-corrected chi connectivity index (χ4v) is 4.65. The number of hydrogen-bond donors (Lipinski definition) is 0. The van der Waals surface area contributed by atoms with Gasteiger partial charge in [0.25, 0.3) is 5.91 Å². The molecule has 1 unspecified atom stereocenters. The number of hydrogen-bond acceptors (Lipinski definition) is 7. The van der Waals surface area contributed by atoms with E-state index in [1.54, 1.807) is 48.0 Å². The molecule has 1 aliphatic heterocycles. The van der Waals surface area contributed by atoms with E-state index in [1.165, 1.54) is 30.5 Å². The quantitative estimate of drug-likeness (QED) is 0.445. The molecule has 0 saturated carbocycles. The summed E-state index contributed by atoms with van der Waals surface area (Å²) in [4.78, 5) is 32.7. The molecule has 31 heavy (non-hydrogen) atoms. The van der Waals surface area contributed by atoms with E-state index in [4.69, 9.17) is 25.5 Å². The van der Waals surface area contributed by atoms with Gasteiger partial charge in [0.1, 0.15) is 5.58 Å². The van der Waals surface area contributed by atoms with Crippen molar-refractivity contribution in [3.8, 4) is 11.5 Å². The number of nitrogens with zero attached hydrogens (tertiary/aromatic N) is 2. The van der Waals surface area contributed by atoms with E-state index in [2.05, 4.69) is 4.98 Å². The van der Waals surface area contributed by atoms with E-state index in [0.29, 0.717) is 38.2 Å². The number of anilines is 1. The van der Waals surface area contributed by atoms with Crippen LogP contribution in [0.4, 0.5) is 5.13 Å². The predicted molar refractivity (Wildman–Crippen MR) is 118 cm³/mol. The molecule has 7 nitrogen and oxygen atoms in total. The first-order valence-corrected chi connectivity index (χ1v) is 10.5. The molecule has 156 valence electrons. The molecule has 5 rings (SSSR count). The zero-order chi connectivity index (χ0) is 21.7. The smallest absolute Gasteiger partial charge is 0.297 e. The van der Waals surface area contributed by atoms with Crippen LogP contribution in [0.2, 0.25) is 5.02 Å². The Bertz CT molecular complexity index is 1380. The van der Waals surface area contributed by atoms with Gasteiger partial charge in [-0.15, -0.1) is 11.3 Å². The summed E-state index contributed by atoms with van der Waals surface area (Å²) in [6, 6.07) is 9.27. The SMILES string of the molecule is COc1ccc(C2c3c(oc4ccc(Cl)cc4c3=O)C(=O)N2c2nccs2)cc1OC. The fourth-order valence-electron chi connectivity index (χ4n) is 3.82. The van der Waals surface area contributed by atoms with Crippen molar-refractivity contribution in [3.63, 3.8) is 0 Å². The lowest BCUT2D eigenvalue weighted by atomic mass is 9.98. The maximum absolute atomic E-state index is 13.5. The normalized spacial score (nSPS) is 15.4. The number of ether oxygens (including phenoxy) is 2. The number of rotatable bonds is 4. The molecule has 1 amide bonds. The summed E-state index contributed by atoms with van der Waals surface area (Å²) in [6.45, 7) is 0. The Morgan fingerprint density at radius 2 is 1.90 bits per heavy atom. The van der Waals surface area contributed by atoms with E-state index < -0.39 is 11.9 Å². The van der Waals surface area contributed by atoms with Gasteiger partial charge in [-0.25, -0.2) is 4.98 Å². The number of carbonyl (C=O) groups is 1. The molecular formula is C22H15ClN2O5S. The van der Waals surface area contributed by atoms with Gasteiger partial charge >= 0.3 is 0 Å². The zero-order valence-electron chi connectivity index (χ0n) is 16.4.